The van der Waals surface area contributed by atoms with Crippen molar-refractivity contribution in [3.8, 4) is 0 Å². The molecule has 2 aromatic rings. The number of thiophene rings is 1. The smallest absolute Gasteiger partial charge is 0.207 e. The van der Waals surface area contributed by atoms with Crippen molar-refractivity contribution in [1.29, 1.82) is 0 Å². The maximum atomic E-state index is 12.9. The Kier molecular flexibility index (Phi) is 6.61. The summed E-state index contributed by atoms with van der Waals surface area (Å²) in [6, 6.07) is 10.1. The molecule has 6 nitrogen and oxygen atoms in total. The molecule has 1 aromatic carbocycles. The van der Waals surface area contributed by atoms with Crippen LogP contribution in [-0.2, 0) is 26.5 Å². The van der Waals surface area contributed by atoms with E-state index < -0.39 is 20.0 Å². The molecule has 1 aliphatic rings. The second-order valence-electron chi connectivity index (χ2n) is 7.47. The Morgan fingerprint density at radius 1 is 1.07 bits per heavy atom. The molecule has 0 radical (unpaired) electrons. The van der Waals surface area contributed by atoms with E-state index in [2.05, 4.69) is 18.6 Å². The minimum atomic E-state index is -3.56. The van der Waals surface area contributed by atoms with E-state index in [1.54, 1.807) is 29.6 Å². The summed E-state index contributed by atoms with van der Waals surface area (Å²) in [7, 11) is -7.10. The summed E-state index contributed by atoms with van der Waals surface area (Å²) in [5, 5.41) is 1.72. The third-order valence-corrected chi connectivity index (χ3v) is 9.57. The Hall–Kier alpha value is -1.26. The molecule has 28 heavy (non-hydrogen) atoms. The van der Waals surface area contributed by atoms with E-state index in [0.717, 1.165) is 12.0 Å². The van der Waals surface area contributed by atoms with Crippen LogP contribution in [0.4, 0.5) is 0 Å². The lowest BCUT2D eigenvalue weighted by molar-refractivity contribution is 0.308. The van der Waals surface area contributed by atoms with Crippen LogP contribution in [0.1, 0.15) is 32.3 Å². The Labute approximate surface area is 171 Å². The monoisotopic (exact) mass is 442 g/mol. The molecule has 9 heteroatoms. The van der Waals surface area contributed by atoms with Crippen LogP contribution in [0.2, 0.25) is 0 Å². The molecular weight excluding hydrogens is 416 g/mol. The van der Waals surface area contributed by atoms with E-state index in [0.29, 0.717) is 31.8 Å². The lowest BCUT2D eigenvalue weighted by atomic mass is 10.0. The average molecular weight is 443 g/mol. The van der Waals surface area contributed by atoms with E-state index in [-0.39, 0.29) is 15.1 Å². The van der Waals surface area contributed by atoms with Gasteiger partial charge in [0.15, 0.2) is 0 Å². The van der Waals surface area contributed by atoms with Gasteiger partial charge in [0.2, 0.25) is 20.0 Å². The zero-order valence-corrected chi connectivity index (χ0v) is 18.5. The highest BCUT2D eigenvalue weighted by atomic mass is 32.2. The molecule has 0 unspecified atom stereocenters. The van der Waals surface area contributed by atoms with Gasteiger partial charge in [-0.05, 0) is 54.3 Å². The molecule has 1 fully saturated rings. The maximum Gasteiger partial charge on any atom is 0.250 e. The summed E-state index contributed by atoms with van der Waals surface area (Å²) in [6.45, 7) is 4.85. The maximum absolute atomic E-state index is 12.9. The van der Waals surface area contributed by atoms with Gasteiger partial charge >= 0.3 is 0 Å². The lowest BCUT2D eigenvalue weighted by Crippen LogP contribution is -2.46. The summed E-state index contributed by atoms with van der Waals surface area (Å²) in [5.74, 6) is 0.513. The van der Waals surface area contributed by atoms with Gasteiger partial charge in [-0.15, -0.1) is 11.3 Å². The Balaban J connectivity index is 1.62. The molecule has 1 aliphatic heterocycles. The predicted molar refractivity (Wildman–Crippen MR) is 111 cm³/mol. The summed E-state index contributed by atoms with van der Waals surface area (Å²) in [5.41, 5.74) is 1.12. The van der Waals surface area contributed by atoms with E-state index in [1.165, 1.54) is 15.6 Å². The first-order valence-corrected chi connectivity index (χ1v) is 13.1. The van der Waals surface area contributed by atoms with Crippen LogP contribution in [0, 0.1) is 5.92 Å². The van der Waals surface area contributed by atoms with Crippen LogP contribution < -0.4 is 4.72 Å². The summed E-state index contributed by atoms with van der Waals surface area (Å²) >= 11 is 1.17. The minimum absolute atomic E-state index is 0.257. The fourth-order valence-electron chi connectivity index (χ4n) is 3.33. The molecular formula is C19H26N2O4S3. The largest absolute Gasteiger partial charge is 0.250 e. The number of rotatable bonds is 7. The molecule has 1 N–H and O–H groups in total. The topological polar surface area (TPSA) is 83.6 Å². The number of nitrogens with zero attached hydrogens (tertiary/aromatic N) is 1. The predicted octanol–water partition coefficient (Wildman–Crippen LogP) is 3.08. The fourth-order valence-corrected chi connectivity index (χ4v) is 7.11. The number of hydrogen-bond acceptors (Lipinski definition) is 5. The van der Waals surface area contributed by atoms with Crippen LogP contribution in [0.15, 0.2) is 50.9 Å². The number of piperidine rings is 1. The summed E-state index contributed by atoms with van der Waals surface area (Å²) in [6.07, 6.45) is 1.82. The Morgan fingerprint density at radius 2 is 1.71 bits per heavy atom. The molecule has 3 rings (SSSR count). The van der Waals surface area contributed by atoms with Gasteiger partial charge in [-0.25, -0.2) is 21.6 Å². The van der Waals surface area contributed by atoms with E-state index in [1.807, 2.05) is 12.1 Å². The molecule has 0 saturated carbocycles. The molecule has 1 aromatic heterocycles. The molecule has 154 valence electrons. The first-order chi connectivity index (χ1) is 13.2. The fraction of sp³-hybridized carbons (Fsp3) is 0.474. The molecule has 0 aliphatic carbocycles. The minimum Gasteiger partial charge on any atom is -0.207 e. The average Bonchev–Trinajstić information content (AvgIpc) is 3.17. The first-order valence-electron chi connectivity index (χ1n) is 9.33. The highest BCUT2D eigenvalue weighted by molar-refractivity contribution is 7.91. The van der Waals surface area contributed by atoms with Crippen LogP contribution in [0.3, 0.4) is 0 Å². The molecule has 0 amide bonds. The van der Waals surface area contributed by atoms with Gasteiger partial charge in [-0.2, -0.15) is 4.31 Å². The van der Waals surface area contributed by atoms with Gasteiger partial charge in [-0.3, -0.25) is 0 Å². The van der Waals surface area contributed by atoms with Gasteiger partial charge in [-0.1, -0.05) is 32.0 Å². The highest BCUT2D eigenvalue weighted by Crippen LogP contribution is 2.23. The molecule has 0 atom stereocenters. The summed E-state index contributed by atoms with van der Waals surface area (Å²) in [4.78, 5) is 0.289. The third kappa shape index (κ3) is 5.01. The Morgan fingerprint density at radius 3 is 2.25 bits per heavy atom. The molecule has 1 saturated heterocycles. The van der Waals surface area contributed by atoms with Gasteiger partial charge in [0.25, 0.3) is 0 Å². The van der Waals surface area contributed by atoms with Gasteiger partial charge < -0.3 is 0 Å². The quantitative estimate of drug-likeness (QED) is 0.714. The molecule has 2 heterocycles. The van der Waals surface area contributed by atoms with E-state index in [9.17, 15) is 16.8 Å². The molecule has 0 spiro atoms. The van der Waals surface area contributed by atoms with Crippen molar-refractivity contribution in [3.63, 3.8) is 0 Å². The number of benzene rings is 1. The van der Waals surface area contributed by atoms with E-state index in [4.69, 9.17) is 0 Å². The van der Waals surface area contributed by atoms with Gasteiger partial charge in [0, 0.05) is 19.1 Å². The standard InChI is InChI=1S/C19H26N2O4S3/c1-15(2)14-16-5-7-18(8-6-16)28(24,25)21-11-9-17(10-12-21)20-27(22,23)19-4-3-13-26-19/h3-8,13,15,17,20H,9-12,14H2,1-2H3. The Bertz CT molecular complexity index is 974. The SMILES string of the molecule is CC(C)Cc1ccc(S(=O)(=O)N2CCC(NS(=O)(=O)c3cccs3)CC2)cc1. The van der Waals surface area contributed by atoms with Crippen molar-refractivity contribution in [3.05, 3.63) is 47.3 Å². The van der Waals surface area contributed by atoms with Gasteiger partial charge in [0.05, 0.1) is 4.90 Å². The van der Waals surface area contributed by atoms with Gasteiger partial charge in [0.1, 0.15) is 4.21 Å². The van der Waals surface area contributed by atoms with Crippen LogP contribution >= 0.6 is 11.3 Å². The van der Waals surface area contributed by atoms with Crippen molar-refractivity contribution in [2.24, 2.45) is 5.92 Å². The van der Waals surface area contributed by atoms with Crippen molar-refractivity contribution in [2.45, 2.75) is 48.3 Å². The second kappa shape index (κ2) is 8.62. The third-order valence-electron chi connectivity index (χ3n) is 4.74. The van der Waals surface area contributed by atoms with E-state index >= 15 is 0 Å². The number of nitrogens with one attached hydrogen (secondary N) is 1. The van der Waals surface area contributed by atoms with Crippen molar-refractivity contribution >= 4 is 31.4 Å². The second-order valence-corrected chi connectivity index (χ2v) is 12.3. The lowest BCUT2D eigenvalue weighted by Gasteiger charge is -2.31. The van der Waals surface area contributed by atoms with Crippen LogP contribution in [0.25, 0.3) is 0 Å². The van der Waals surface area contributed by atoms with Crippen LogP contribution in [0.5, 0.6) is 0 Å². The number of hydrogen-bond donors (Lipinski definition) is 1. The first kappa shape index (κ1) is 21.4. The molecule has 0 bridgehead atoms. The van der Waals surface area contributed by atoms with Crippen molar-refractivity contribution < 1.29 is 16.8 Å². The zero-order chi connectivity index (χ0) is 20.4. The van der Waals surface area contributed by atoms with Crippen LogP contribution in [-0.4, -0.2) is 40.3 Å². The zero-order valence-electron chi connectivity index (χ0n) is 16.0. The normalized spacial score (nSPS) is 17.2. The van der Waals surface area contributed by atoms with Crippen molar-refractivity contribution in [1.82, 2.24) is 9.03 Å². The highest BCUT2D eigenvalue weighted by Gasteiger charge is 2.31. The summed E-state index contributed by atoms with van der Waals surface area (Å²) < 4.78 is 54.9. The number of sulfonamides is 2. The van der Waals surface area contributed by atoms with Crippen molar-refractivity contribution in [2.75, 3.05) is 13.1 Å².